The Morgan fingerprint density at radius 1 is 1.15 bits per heavy atom. The molecule has 0 amide bonds. The average molecular weight is 389 g/mol. The summed E-state index contributed by atoms with van der Waals surface area (Å²) in [6.45, 7) is 5.32. The van der Waals surface area contributed by atoms with Crippen molar-refractivity contribution >= 4 is 10.0 Å². The van der Waals surface area contributed by atoms with Crippen LogP contribution in [0.2, 0.25) is 0 Å². The maximum absolute atomic E-state index is 13.2. The van der Waals surface area contributed by atoms with E-state index < -0.39 is 10.0 Å². The van der Waals surface area contributed by atoms with Gasteiger partial charge in [0, 0.05) is 13.1 Å². The van der Waals surface area contributed by atoms with Gasteiger partial charge in [0.1, 0.15) is 10.6 Å². The first-order chi connectivity index (χ1) is 13.0. The molecule has 0 unspecified atom stereocenters. The molecule has 0 radical (unpaired) electrons. The Morgan fingerprint density at radius 3 is 2.78 bits per heavy atom. The Kier molecular flexibility index (Phi) is 4.74. The first-order valence-corrected chi connectivity index (χ1v) is 10.6. The summed E-state index contributed by atoms with van der Waals surface area (Å²) in [7, 11) is -3.61. The number of sulfonamides is 1. The maximum atomic E-state index is 13.2. The predicted molar refractivity (Wildman–Crippen MR) is 101 cm³/mol. The van der Waals surface area contributed by atoms with E-state index in [1.807, 2.05) is 38.1 Å². The standard InChI is InChI=1S/C20H23NO5S/c1-3-24-18-6-4-14(2)10-20(18)27(22,23)21-9-8-16(12-21)15-5-7-17-19(11-15)26-13-25-17/h4-7,10-11,16H,3,8-9,12-13H2,1-2H3/t16-/m1/s1. The van der Waals surface area contributed by atoms with Crippen LogP contribution in [0.15, 0.2) is 41.3 Å². The van der Waals surface area contributed by atoms with Gasteiger partial charge in [-0.3, -0.25) is 0 Å². The highest BCUT2D eigenvalue weighted by atomic mass is 32.2. The number of hydrogen-bond acceptors (Lipinski definition) is 5. The molecule has 4 rings (SSSR count). The molecular weight excluding hydrogens is 366 g/mol. The van der Waals surface area contributed by atoms with Gasteiger partial charge in [0.25, 0.3) is 0 Å². The third kappa shape index (κ3) is 3.37. The quantitative estimate of drug-likeness (QED) is 0.785. The molecule has 0 N–H and O–H groups in total. The van der Waals surface area contributed by atoms with Gasteiger partial charge in [0.05, 0.1) is 6.61 Å². The van der Waals surface area contributed by atoms with Crippen molar-refractivity contribution in [1.82, 2.24) is 4.31 Å². The largest absolute Gasteiger partial charge is 0.492 e. The molecule has 0 spiro atoms. The highest BCUT2D eigenvalue weighted by Crippen LogP contribution is 2.39. The molecule has 27 heavy (non-hydrogen) atoms. The Labute approximate surface area is 159 Å². The number of fused-ring (bicyclic) bond motifs is 1. The second-order valence-electron chi connectivity index (χ2n) is 6.84. The van der Waals surface area contributed by atoms with Gasteiger partial charge in [-0.2, -0.15) is 4.31 Å². The van der Waals surface area contributed by atoms with E-state index in [1.54, 1.807) is 16.4 Å². The molecule has 0 aromatic heterocycles. The molecular formula is C20H23NO5S. The monoisotopic (exact) mass is 389 g/mol. The van der Waals surface area contributed by atoms with Crippen LogP contribution in [0.1, 0.15) is 30.4 Å². The van der Waals surface area contributed by atoms with Gasteiger partial charge in [-0.25, -0.2) is 8.42 Å². The summed E-state index contributed by atoms with van der Waals surface area (Å²) < 4.78 is 44.4. The van der Waals surface area contributed by atoms with Crippen LogP contribution in [0.25, 0.3) is 0 Å². The minimum absolute atomic E-state index is 0.134. The van der Waals surface area contributed by atoms with Crippen LogP contribution in [0.3, 0.4) is 0 Å². The van der Waals surface area contributed by atoms with Gasteiger partial charge in [-0.15, -0.1) is 0 Å². The molecule has 1 saturated heterocycles. The van der Waals surface area contributed by atoms with Crippen molar-refractivity contribution < 1.29 is 22.6 Å². The summed E-state index contributed by atoms with van der Waals surface area (Å²) in [4.78, 5) is 0.246. The molecule has 2 aromatic rings. The topological polar surface area (TPSA) is 65.1 Å². The third-order valence-electron chi connectivity index (χ3n) is 5.04. The number of aryl methyl sites for hydroxylation is 1. The van der Waals surface area contributed by atoms with Crippen molar-refractivity contribution in [3.8, 4) is 17.2 Å². The fourth-order valence-electron chi connectivity index (χ4n) is 3.62. The Bertz CT molecular complexity index is 957. The average Bonchev–Trinajstić information content (AvgIpc) is 3.32. The fourth-order valence-corrected chi connectivity index (χ4v) is 5.33. The van der Waals surface area contributed by atoms with Crippen molar-refractivity contribution in [2.75, 3.05) is 26.5 Å². The van der Waals surface area contributed by atoms with Crippen molar-refractivity contribution in [2.45, 2.75) is 31.1 Å². The molecule has 2 aromatic carbocycles. The lowest BCUT2D eigenvalue weighted by Gasteiger charge is -2.19. The molecule has 0 saturated carbocycles. The molecule has 7 heteroatoms. The van der Waals surface area contributed by atoms with Gasteiger partial charge < -0.3 is 14.2 Å². The molecule has 2 aliphatic rings. The molecule has 2 heterocycles. The number of ether oxygens (including phenoxy) is 3. The van der Waals surface area contributed by atoms with E-state index >= 15 is 0 Å². The number of hydrogen-bond donors (Lipinski definition) is 0. The number of nitrogens with zero attached hydrogens (tertiary/aromatic N) is 1. The second kappa shape index (κ2) is 7.05. The van der Waals surface area contributed by atoms with Crippen LogP contribution in [0, 0.1) is 6.92 Å². The van der Waals surface area contributed by atoms with Crippen LogP contribution >= 0.6 is 0 Å². The van der Waals surface area contributed by atoms with Crippen molar-refractivity contribution in [3.05, 3.63) is 47.5 Å². The summed E-state index contributed by atoms with van der Waals surface area (Å²) in [6, 6.07) is 11.1. The summed E-state index contributed by atoms with van der Waals surface area (Å²) >= 11 is 0. The number of rotatable bonds is 5. The minimum Gasteiger partial charge on any atom is -0.492 e. The minimum atomic E-state index is -3.61. The van der Waals surface area contributed by atoms with E-state index in [0.29, 0.717) is 25.4 Å². The molecule has 6 nitrogen and oxygen atoms in total. The van der Waals surface area contributed by atoms with Crippen LogP contribution in [-0.2, 0) is 10.0 Å². The molecule has 0 bridgehead atoms. The Hall–Kier alpha value is -2.25. The van der Waals surface area contributed by atoms with Gasteiger partial charge in [-0.1, -0.05) is 12.1 Å². The highest BCUT2D eigenvalue weighted by molar-refractivity contribution is 7.89. The molecule has 1 fully saturated rings. The normalized spacial score (nSPS) is 19.4. The van der Waals surface area contributed by atoms with E-state index in [9.17, 15) is 8.42 Å². The van der Waals surface area contributed by atoms with Gasteiger partial charge in [-0.05, 0) is 61.6 Å². The van der Waals surface area contributed by atoms with E-state index in [2.05, 4.69) is 0 Å². The lowest BCUT2D eigenvalue weighted by Crippen LogP contribution is -2.29. The summed E-state index contributed by atoms with van der Waals surface area (Å²) in [5.41, 5.74) is 1.97. The van der Waals surface area contributed by atoms with E-state index in [4.69, 9.17) is 14.2 Å². The molecule has 0 aliphatic carbocycles. The zero-order valence-electron chi connectivity index (χ0n) is 15.5. The lowest BCUT2D eigenvalue weighted by molar-refractivity contribution is 0.174. The van der Waals surface area contributed by atoms with Crippen LogP contribution in [0.5, 0.6) is 17.2 Å². The Balaban J connectivity index is 1.59. The fraction of sp³-hybridized carbons (Fsp3) is 0.400. The molecule has 1 atom stereocenters. The first-order valence-electron chi connectivity index (χ1n) is 9.12. The van der Waals surface area contributed by atoms with E-state index in [1.165, 1.54) is 0 Å². The van der Waals surface area contributed by atoms with Crippen molar-refractivity contribution in [2.24, 2.45) is 0 Å². The Morgan fingerprint density at radius 2 is 1.96 bits per heavy atom. The van der Waals surface area contributed by atoms with Crippen LogP contribution in [-0.4, -0.2) is 39.2 Å². The zero-order valence-corrected chi connectivity index (χ0v) is 16.3. The van der Waals surface area contributed by atoms with Gasteiger partial charge >= 0.3 is 0 Å². The SMILES string of the molecule is CCOc1ccc(C)cc1S(=O)(=O)N1CC[C@@H](c2ccc3c(c2)OCO3)C1. The smallest absolute Gasteiger partial charge is 0.246 e. The van der Waals surface area contributed by atoms with Crippen molar-refractivity contribution in [3.63, 3.8) is 0 Å². The van der Waals surface area contributed by atoms with Crippen LogP contribution < -0.4 is 14.2 Å². The second-order valence-corrected chi connectivity index (χ2v) is 8.75. The van der Waals surface area contributed by atoms with Crippen LogP contribution in [0.4, 0.5) is 0 Å². The molecule has 2 aliphatic heterocycles. The van der Waals surface area contributed by atoms with E-state index in [-0.39, 0.29) is 17.6 Å². The third-order valence-corrected chi connectivity index (χ3v) is 6.92. The van der Waals surface area contributed by atoms with Gasteiger partial charge in [0.15, 0.2) is 11.5 Å². The zero-order chi connectivity index (χ0) is 19.0. The first kappa shape index (κ1) is 18.1. The van der Waals surface area contributed by atoms with E-state index in [0.717, 1.165) is 29.0 Å². The van der Waals surface area contributed by atoms with Gasteiger partial charge in [0.2, 0.25) is 16.8 Å². The summed E-state index contributed by atoms with van der Waals surface area (Å²) in [5.74, 6) is 2.01. The van der Waals surface area contributed by atoms with Crippen molar-refractivity contribution in [1.29, 1.82) is 0 Å². The predicted octanol–water partition coefficient (Wildman–Crippen LogP) is 3.30. The summed E-state index contributed by atoms with van der Waals surface area (Å²) in [6.07, 6.45) is 0.772. The summed E-state index contributed by atoms with van der Waals surface area (Å²) in [5, 5.41) is 0. The lowest BCUT2D eigenvalue weighted by atomic mass is 9.98. The molecule has 144 valence electrons. The maximum Gasteiger partial charge on any atom is 0.246 e. The number of benzene rings is 2. The highest BCUT2D eigenvalue weighted by Gasteiger charge is 2.35.